The van der Waals surface area contributed by atoms with Crippen molar-refractivity contribution in [3.63, 3.8) is 0 Å². The number of ether oxygens (including phenoxy) is 1. The minimum Gasteiger partial charge on any atom is -0.484 e. The molecule has 0 saturated heterocycles. The van der Waals surface area contributed by atoms with E-state index in [0.717, 1.165) is 18.7 Å². The number of hydrogen-bond donors (Lipinski definition) is 1. The van der Waals surface area contributed by atoms with Crippen molar-refractivity contribution in [1.29, 1.82) is 0 Å². The molecule has 0 unspecified atom stereocenters. The summed E-state index contributed by atoms with van der Waals surface area (Å²) in [6.07, 6.45) is 0.971. The lowest BCUT2D eigenvalue weighted by Gasteiger charge is -2.02. The van der Waals surface area contributed by atoms with E-state index in [0.29, 0.717) is 18.3 Å². The summed E-state index contributed by atoms with van der Waals surface area (Å²) in [5.41, 5.74) is 1.31. The number of nitrogens with zero attached hydrogens (tertiary/aromatic N) is 2. The second-order valence-electron chi connectivity index (χ2n) is 5.10. The van der Waals surface area contributed by atoms with Gasteiger partial charge in [0.15, 0.2) is 6.61 Å². The van der Waals surface area contributed by atoms with E-state index in [1.807, 2.05) is 48.5 Å². The molecule has 0 saturated carbocycles. The van der Waals surface area contributed by atoms with Crippen LogP contribution in [0.5, 0.6) is 5.75 Å². The molecule has 0 fully saturated rings. The maximum absolute atomic E-state index is 5.57. The molecule has 0 bridgehead atoms. The molecule has 0 aliphatic carbocycles. The summed E-state index contributed by atoms with van der Waals surface area (Å²) in [5.74, 6) is 1.84. The van der Waals surface area contributed by atoms with Gasteiger partial charge in [-0.25, -0.2) is 0 Å². The molecule has 1 heterocycles. The highest BCUT2D eigenvalue weighted by Crippen LogP contribution is 2.11. The maximum Gasteiger partial charge on any atom is 0.253 e. The van der Waals surface area contributed by atoms with Crippen LogP contribution in [0, 0.1) is 0 Å². The van der Waals surface area contributed by atoms with Crippen molar-refractivity contribution >= 4 is 0 Å². The van der Waals surface area contributed by atoms with Gasteiger partial charge in [0.05, 0.1) is 6.54 Å². The van der Waals surface area contributed by atoms with E-state index >= 15 is 0 Å². The van der Waals surface area contributed by atoms with Crippen LogP contribution < -0.4 is 10.1 Å². The summed E-state index contributed by atoms with van der Waals surface area (Å²) in [4.78, 5) is 0. The van der Waals surface area contributed by atoms with E-state index in [-0.39, 0.29) is 6.61 Å². The van der Waals surface area contributed by atoms with Crippen LogP contribution in [0.3, 0.4) is 0 Å². The largest absolute Gasteiger partial charge is 0.484 e. The third-order valence-corrected chi connectivity index (χ3v) is 3.32. The lowest BCUT2D eigenvalue weighted by Crippen LogP contribution is -2.16. The molecule has 23 heavy (non-hydrogen) atoms. The Labute approximate surface area is 135 Å². The van der Waals surface area contributed by atoms with Crippen molar-refractivity contribution in [3.05, 3.63) is 78.0 Å². The number of benzene rings is 2. The summed E-state index contributed by atoms with van der Waals surface area (Å²) >= 11 is 0. The molecular formula is C18H19N3O2. The molecule has 0 aliphatic heterocycles. The Morgan fingerprint density at radius 2 is 1.57 bits per heavy atom. The van der Waals surface area contributed by atoms with Gasteiger partial charge in [0.25, 0.3) is 5.89 Å². The summed E-state index contributed by atoms with van der Waals surface area (Å²) in [5, 5.41) is 11.3. The third-order valence-electron chi connectivity index (χ3n) is 3.32. The van der Waals surface area contributed by atoms with Gasteiger partial charge in [0.2, 0.25) is 5.89 Å². The first-order chi connectivity index (χ1) is 11.4. The van der Waals surface area contributed by atoms with Gasteiger partial charge in [-0.05, 0) is 30.7 Å². The van der Waals surface area contributed by atoms with Gasteiger partial charge in [-0.3, -0.25) is 0 Å². The summed E-state index contributed by atoms with van der Waals surface area (Å²) in [6.45, 7) is 1.70. The van der Waals surface area contributed by atoms with Gasteiger partial charge in [-0.15, -0.1) is 10.2 Å². The van der Waals surface area contributed by atoms with Gasteiger partial charge in [-0.2, -0.15) is 0 Å². The molecule has 0 spiro atoms. The van der Waals surface area contributed by atoms with Gasteiger partial charge in [0.1, 0.15) is 5.75 Å². The molecule has 3 rings (SSSR count). The topological polar surface area (TPSA) is 60.2 Å². The molecule has 3 aromatic rings. The van der Waals surface area contributed by atoms with Crippen LogP contribution >= 0.6 is 0 Å². The van der Waals surface area contributed by atoms with Gasteiger partial charge in [0, 0.05) is 0 Å². The van der Waals surface area contributed by atoms with E-state index in [2.05, 4.69) is 27.6 Å². The fourth-order valence-corrected chi connectivity index (χ4v) is 2.15. The second-order valence-corrected chi connectivity index (χ2v) is 5.10. The van der Waals surface area contributed by atoms with Crippen LogP contribution in [0.4, 0.5) is 0 Å². The smallest absolute Gasteiger partial charge is 0.253 e. The van der Waals surface area contributed by atoms with Crippen LogP contribution in [0.1, 0.15) is 17.3 Å². The molecule has 5 heteroatoms. The molecular weight excluding hydrogens is 290 g/mol. The van der Waals surface area contributed by atoms with Crippen LogP contribution in [-0.2, 0) is 19.6 Å². The van der Waals surface area contributed by atoms with E-state index in [4.69, 9.17) is 9.15 Å². The first kappa shape index (κ1) is 15.2. The summed E-state index contributed by atoms with van der Waals surface area (Å²) in [6, 6.07) is 19.9. The molecule has 0 aliphatic rings. The minimum absolute atomic E-state index is 0.279. The Bertz CT molecular complexity index is 699. The highest BCUT2D eigenvalue weighted by molar-refractivity contribution is 5.20. The molecule has 1 N–H and O–H groups in total. The zero-order valence-electron chi connectivity index (χ0n) is 12.8. The van der Waals surface area contributed by atoms with Crippen molar-refractivity contribution in [2.24, 2.45) is 0 Å². The normalized spacial score (nSPS) is 10.6. The summed E-state index contributed by atoms with van der Waals surface area (Å²) < 4.78 is 11.1. The molecule has 0 amide bonds. The fourth-order valence-electron chi connectivity index (χ4n) is 2.15. The quantitative estimate of drug-likeness (QED) is 0.648. The Balaban J connectivity index is 1.39. The van der Waals surface area contributed by atoms with E-state index < -0.39 is 0 Å². The number of rotatable bonds is 8. The van der Waals surface area contributed by atoms with Gasteiger partial charge < -0.3 is 14.5 Å². The van der Waals surface area contributed by atoms with Crippen LogP contribution in [0.2, 0.25) is 0 Å². The van der Waals surface area contributed by atoms with Crippen molar-refractivity contribution in [2.45, 2.75) is 19.6 Å². The average Bonchev–Trinajstić information content (AvgIpc) is 3.07. The molecule has 0 radical (unpaired) electrons. The number of nitrogens with one attached hydrogen (secondary N) is 1. The van der Waals surface area contributed by atoms with Gasteiger partial charge in [-0.1, -0.05) is 48.5 Å². The van der Waals surface area contributed by atoms with E-state index in [1.54, 1.807) is 0 Å². The summed E-state index contributed by atoms with van der Waals surface area (Å²) in [7, 11) is 0. The number of aromatic nitrogens is 2. The van der Waals surface area contributed by atoms with Crippen molar-refractivity contribution in [2.75, 3.05) is 6.54 Å². The van der Waals surface area contributed by atoms with E-state index in [1.165, 1.54) is 5.56 Å². The molecule has 5 nitrogen and oxygen atoms in total. The maximum atomic E-state index is 5.57. The Hall–Kier alpha value is -2.66. The zero-order valence-corrected chi connectivity index (χ0v) is 12.8. The molecule has 0 atom stereocenters. The Morgan fingerprint density at radius 1 is 0.870 bits per heavy atom. The first-order valence-corrected chi connectivity index (χ1v) is 7.64. The van der Waals surface area contributed by atoms with Crippen molar-refractivity contribution in [3.8, 4) is 5.75 Å². The van der Waals surface area contributed by atoms with Crippen LogP contribution in [-0.4, -0.2) is 16.7 Å². The number of para-hydroxylation sites is 1. The van der Waals surface area contributed by atoms with Crippen LogP contribution in [0.25, 0.3) is 0 Å². The predicted octanol–water partition coefficient (Wildman–Crippen LogP) is 2.98. The highest BCUT2D eigenvalue weighted by atomic mass is 16.5. The second kappa shape index (κ2) is 8.10. The minimum atomic E-state index is 0.279. The fraction of sp³-hybridized carbons (Fsp3) is 0.222. The molecule has 2 aromatic carbocycles. The first-order valence-electron chi connectivity index (χ1n) is 7.64. The predicted molar refractivity (Wildman–Crippen MR) is 86.9 cm³/mol. The SMILES string of the molecule is c1ccc(CCNCc2nnc(COc3ccccc3)o2)cc1. The van der Waals surface area contributed by atoms with Crippen molar-refractivity contribution in [1.82, 2.24) is 15.5 Å². The monoisotopic (exact) mass is 309 g/mol. The Morgan fingerprint density at radius 3 is 2.35 bits per heavy atom. The van der Waals surface area contributed by atoms with E-state index in [9.17, 15) is 0 Å². The van der Waals surface area contributed by atoms with Crippen LogP contribution in [0.15, 0.2) is 65.1 Å². The lowest BCUT2D eigenvalue weighted by molar-refractivity contribution is 0.258. The molecule has 1 aromatic heterocycles. The third kappa shape index (κ3) is 4.93. The van der Waals surface area contributed by atoms with Gasteiger partial charge >= 0.3 is 0 Å². The number of hydrogen-bond acceptors (Lipinski definition) is 5. The highest BCUT2D eigenvalue weighted by Gasteiger charge is 2.06. The Kier molecular flexibility index (Phi) is 5.37. The molecule has 118 valence electrons. The van der Waals surface area contributed by atoms with Crippen molar-refractivity contribution < 1.29 is 9.15 Å². The standard InChI is InChI=1S/C18H19N3O2/c1-3-7-15(8-4-1)11-12-19-13-17-20-21-18(23-17)14-22-16-9-5-2-6-10-16/h1-10,19H,11-14H2. The lowest BCUT2D eigenvalue weighted by atomic mass is 10.1. The average molecular weight is 309 g/mol. The zero-order chi connectivity index (χ0) is 15.7.